The first kappa shape index (κ1) is 5.97. The summed E-state index contributed by atoms with van der Waals surface area (Å²) in [7, 11) is -1.09. The topological polar surface area (TPSA) is 35.5 Å². The summed E-state index contributed by atoms with van der Waals surface area (Å²) in [5.41, 5.74) is 0. The van der Waals surface area contributed by atoms with Gasteiger partial charge in [-0.2, -0.15) is 0 Å². The van der Waals surface area contributed by atoms with Gasteiger partial charge >= 0.3 is 0 Å². The van der Waals surface area contributed by atoms with Crippen LogP contribution in [0.15, 0.2) is 22.3 Å². The van der Waals surface area contributed by atoms with Crippen molar-refractivity contribution >= 4 is 10.8 Å². The molecule has 0 N–H and O–H groups in total. The van der Waals surface area contributed by atoms with Crippen molar-refractivity contribution < 1.29 is 13.7 Å². The van der Waals surface area contributed by atoms with Crippen molar-refractivity contribution in [1.82, 2.24) is 0 Å². The van der Waals surface area contributed by atoms with Gasteiger partial charge in [0.05, 0.1) is 0 Å². The maximum atomic E-state index is 11.0. The Morgan fingerprint density at radius 1 is 1.40 bits per heavy atom. The summed E-state index contributed by atoms with van der Waals surface area (Å²) in [6.07, 6.45) is 1.69. The number of rotatable bonds is 0. The zero-order chi connectivity index (χ0) is 6.97. The summed E-state index contributed by atoms with van der Waals surface area (Å²) in [5, 5.41) is 2.04. The van der Waals surface area contributed by atoms with Crippen molar-refractivity contribution in [2.45, 2.75) is 0 Å². The van der Waals surface area contributed by atoms with Crippen molar-refractivity contribution in [3.8, 4) is 0 Å². The minimum absolute atomic E-state index is 0.478. The molecule has 0 radical (unpaired) electrons. The number of hydrogen-bond acceptors (Lipinski definition) is 3. The Labute approximate surface area is 60.8 Å². The van der Waals surface area contributed by atoms with Gasteiger partial charge in [0.1, 0.15) is 24.0 Å². The van der Waals surface area contributed by atoms with Gasteiger partial charge in [0.2, 0.25) is 5.09 Å². The molecule has 0 aromatic heterocycles. The quantitative estimate of drug-likeness (QED) is 0.514. The van der Waals surface area contributed by atoms with Crippen LogP contribution in [0, 0.1) is 0 Å². The molecule has 0 fully saturated rings. The molecule has 10 heavy (non-hydrogen) atoms. The van der Waals surface area contributed by atoms with E-state index in [9.17, 15) is 4.21 Å². The Balaban J connectivity index is 2.36. The SMILES string of the molecule is O=S1C=CC2=C1OCCO2. The van der Waals surface area contributed by atoms with Gasteiger partial charge in [-0.25, -0.2) is 4.21 Å². The minimum Gasteiger partial charge on any atom is -0.485 e. The van der Waals surface area contributed by atoms with E-state index in [4.69, 9.17) is 9.47 Å². The lowest BCUT2D eigenvalue weighted by molar-refractivity contribution is 0.0856. The second-order valence-corrected chi connectivity index (χ2v) is 3.19. The molecule has 3 nitrogen and oxygen atoms in total. The monoisotopic (exact) mass is 158 g/mol. The van der Waals surface area contributed by atoms with E-state index in [0.29, 0.717) is 24.1 Å². The Kier molecular flexibility index (Phi) is 1.27. The average Bonchev–Trinajstić information content (AvgIpc) is 2.34. The standard InChI is InChI=1S/C6H6O3S/c7-10-4-1-5-6(10)9-3-2-8-5/h1,4H,2-3H2. The van der Waals surface area contributed by atoms with Crippen LogP contribution in [0.2, 0.25) is 0 Å². The van der Waals surface area contributed by atoms with Crippen molar-refractivity contribution in [2.24, 2.45) is 0 Å². The fraction of sp³-hybridized carbons (Fsp3) is 0.333. The largest absolute Gasteiger partial charge is 0.485 e. The molecule has 0 saturated carbocycles. The lowest BCUT2D eigenvalue weighted by Gasteiger charge is -2.14. The third kappa shape index (κ3) is 0.759. The predicted molar refractivity (Wildman–Crippen MR) is 36.2 cm³/mol. The van der Waals surface area contributed by atoms with Crippen LogP contribution in [0.4, 0.5) is 0 Å². The molecule has 0 aliphatic carbocycles. The second-order valence-electron chi connectivity index (χ2n) is 1.95. The van der Waals surface area contributed by atoms with Gasteiger partial charge in [-0.15, -0.1) is 0 Å². The number of hydrogen-bond donors (Lipinski definition) is 0. The van der Waals surface area contributed by atoms with Gasteiger partial charge in [0.15, 0.2) is 5.76 Å². The minimum atomic E-state index is -1.09. The summed E-state index contributed by atoms with van der Waals surface area (Å²) in [4.78, 5) is 0. The Hall–Kier alpha value is -0.770. The molecule has 2 heterocycles. The first-order chi connectivity index (χ1) is 4.88. The summed E-state index contributed by atoms with van der Waals surface area (Å²) < 4.78 is 21.2. The zero-order valence-corrected chi connectivity index (χ0v) is 6.02. The highest BCUT2D eigenvalue weighted by molar-refractivity contribution is 7.91. The van der Waals surface area contributed by atoms with Crippen molar-refractivity contribution in [1.29, 1.82) is 0 Å². The number of allylic oxidation sites excluding steroid dienone is 1. The van der Waals surface area contributed by atoms with Gasteiger partial charge in [-0.1, -0.05) is 0 Å². The van der Waals surface area contributed by atoms with E-state index in [0.717, 1.165) is 0 Å². The van der Waals surface area contributed by atoms with Gasteiger partial charge in [-0.05, 0) is 6.08 Å². The van der Waals surface area contributed by atoms with E-state index in [1.165, 1.54) is 0 Å². The lowest BCUT2D eigenvalue weighted by atomic mass is 10.5. The van der Waals surface area contributed by atoms with Gasteiger partial charge in [0.25, 0.3) is 0 Å². The fourth-order valence-electron chi connectivity index (χ4n) is 0.875. The average molecular weight is 158 g/mol. The van der Waals surface area contributed by atoms with Crippen LogP contribution in [-0.4, -0.2) is 17.4 Å². The van der Waals surface area contributed by atoms with Gasteiger partial charge < -0.3 is 9.47 Å². The molecule has 0 aromatic carbocycles. The molecule has 1 unspecified atom stereocenters. The molecule has 0 spiro atoms. The van der Waals surface area contributed by atoms with Crippen LogP contribution < -0.4 is 0 Å². The Morgan fingerprint density at radius 3 is 3.00 bits per heavy atom. The third-order valence-electron chi connectivity index (χ3n) is 1.30. The highest BCUT2D eigenvalue weighted by Crippen LogP contribution is 2.24. The molecule has 2 rings (SSSR count). The van der Waals surface area contributed by atoms with Gasteiger partial charge in [0, 0.05) is 5.41 Å². The van der Waals surface area contributed by atoms with Crippen LogP contribution in [0.3, 0.4) is 0 Å². The van der Waals surface area contributed by atoms with E-state index in [2.05, 4.69) is 0 Å². The first-order valence-corrected chi connectivity index (χ1v) is 4.18. The summed E-state index contributed by atoms with van der Waals surface area (Å²) >= 11 is 0. The smallest absolute Gasteiger partial charge is 0.230 e. The third-order valence-corrected chi connectivity index (χ3v) is 2.37. The van der Waals surface area contributed by atoms with E-state index in [1.54, 1.807) is 11.5 Å². The molecule has 0 amide bonds. The molecule has 0 bridgehead atoms. The maximum absolute atomic E-state index is 11.0. The molecular formula is C6H6O3S. The summed E-state index contributed by atoms with van der Waals surface area (Å²) in [6, 6.07) is 0. The van der Waals surface area contributed by atoms with Crippen LogP contribution in [0.25, 0.3) is 0 Å². The normalized spacial score (nSPS) is 29.4. The Bertz CT molecular complexity index is 233. The highest BCUT2D eigenvalue weighted by Gasteiger charge is 2.22. The molecule has 2 aliphatic heterocycles. The fourth-order valence-corrected chi connectivity index (χ4v) is 1.77. The lowest BCUT2D eigenvalue weighted by Crippen LogP contribution is -2.12. The molecule has 0 aromatic rings. The van der Waals surface area contributed by atoms with Crippen LogP contribution >= 0.6 is 0 Å². The van der Waals surface area contributed by atoms with E-state index in [1.807, 2.05) is 0 Å². The van der Waals surface area contributed by atoms with E-state index in [-0.39, 0.29) is 0 Å². The van der Waals surface area contributed by atoms with Crippen molar-refractivity contribution in [3.05, 3.63) is 22.3 Å². The predicted octanol–water partition coefficient (Wildman–Crippen LogP) is 0.478. The van der Waals surface area contributed by atoms with Crippen LogP contribution in [0.1, 0.15) is 0 Å². The van der Waals surface area contributed by atoms with E-state index < -0.39 is 10.8 Å². The first-order valence-electron chi connectivity index (χ1n) is 2.96. The maximum Gasteiger partial charge on any atom is 0.230 e. The molecule has 0 saturated heterocycles. The van der Waals surface area contributed by atoms with Crippen molar-refractivity contribution in [3.63, 3.8) is 0 Å². The molecule has 4 heteroatoms. The highest BCUT2D eigenvalue weighted by atomic mass is 32.2. The van der Waals surface area contributed by atoms with Crippen molar-refractivity contribution in [2.75, 3.05) is 13.2 Å². The molecule has 1 atom stereocenters. The summed E-state index contributed by atoms with van der Waals surface area (Å²) in [5.74, 6) is 0.629. The molecular weight excluding hydrogens is 152 g/mol. The summed E-state index contributed by atoms with van der Waals surface area (Å²) in [6.45, 7) is 1.06. The van der Waals surface area contributed by atoms with Crippen LogP contribution in [-0.2, 0) is 20.3 Å². The second kappa shape index (κ2) is 2.12. The van der Waals surface area contributed by atoms with Crippen LogP contribution in [0.5, 0.6) is 0 Å². The van der Waals surface area contributed by atoms with E-state index >= 15 is 0 Å². The van der Waals surface area contributed by atoms with Gasteiger partial charge in [-0.3, -0.25) is 0 Å². The number of ether oxygens (including phenoxy) is 2. The molecule has 54 valence electrons. The zero-order valence-electron chi connectivity index (χ0n) is 5.20. The Morgan fingerprint density at radius 2 is 2.20 bits per heavy atom. The molecule has 2 aliphatic rings.